The van der Waals surface area contributed by atoms with Crippen molar-refractivity contribution < 1.29 is 0 Å². The molecule has 0 aliphatic heterocycles. The summed E-state index contributed by atoms with van der Waals surface area (Å²) in [5, 5.41) is 3.00. The number of allylic oxidation sites excluding steroid dienone is 1. The average molecular weight is 152 g/mol. The number of amidine groups is 1. The monoisotopic (exact) mass is 152 g/mol. The molecule has 0 saturated carbocycles. The quantitative estimate of drug-likeness (QED) is 0.486. The van der Waals surface area contributed by atoms with Crippen LogP contribution in [-0.2, 0) is 0 Å². The third-order valence-corrected chi connectivity index (χ3v) is 0.932. The van der Waals surface area contributed by atoms with Crippen molar-refractivity contribution in [2.45, 2.75) is 26.8 Å². The summed E-state index contributed by atoms with van der Waals surface area (Å²) in [5.41, 5.74) is 0.879. The molecular weight excluding hydrogens is 136 g/mol. The number of rotatable bonds is 3. The van der Waals surface area contributed by atoms with Crippen LogP contribution >= 0.6 is 0 Å². The molecule has 0 saturated heterocycles. The van der Waals surface area contributed by atoms with Crippen molar-refractivity contribution in [1.82, 2.24) is 5.32 Å². The fourth-order valence-corrected chi connectivity index (χ4v) is 0.633. The average Bonchev–Trinajstić information content (AvgIpc) is 1.84. The first-order valence-corrected chi connectivity index (χ1v) is 3.69. The molecule has 0 aliphatic carbocycles. The molecule has 0 spiro atoms. The molecule has 0 heterocycles. The molecule has 62 valence electrons. The second-order valence-corrected chi connectivity index (χ2v) is 2.72. The van der Waals surface area contributed by atoms with Crippen LogP contribution in [0, 0.1) is 0 Å². The summed E-state index contributed by atoms with van der Waals surface area (Å²) in [6.07, 6.45) is 1.69. The summed E-state index contributed by atoms with van der Waals surface area (Å²) in [6.45, 7) is 13.3. The molecule has 0 aromatic carbocycles. The minimum Gasteiger partial charge on any atom is -0.345 e. The lowest BCUT2D eigenvalue weighted by atomic mass is 10.4. The molecule has 0 aliphatic rings. The van der Waals surface area contributed by atoms with Crippen molar-refractivity contribution in [3.63, 3.8) is 0 Å². The zero-order valence-electron chi connectivity index (χ0n) is 7.52. The second kappa shape index (κ2) is 4.72. The van der Waals surface area contributed by atoms with Crippen molar-refractivity contribution in [3.8, 4) is 0 Å². The van der Waals surface area contributed by atoms with Gasteiger partial charge < -0.3 is 5.32 Å². The van der Waals surface area contributed by atoms with Crippen LogP contribution in [-0.4, -0.2) is 11.9 Å². The second-order valence-electron chi connectivity index (χ2n) is 2.72. The zero-order valence-corrected chi connectivity index (χ0v) is 7.52. The maximum atomic E-state index is 4.26. The fourth-order valence-electron chi connectivity index (χ4n) is 0.633. The minimum absolute atomic E-state index is 0.287. The predicted octanol–water partition coefficient (Wildman–Crippen LogP) is 2.10. The largest absolute Gasteiger partial charge is 0.345 e. The minimum atomic E-state index is 0.287. The van der Waals surface area contributed by atoms with Gasteiger partial charge >= 0.3 is 0 Å². The Morgan fingerprint density at radius 2 is 2.09 bits per heavy atom. The molecule has 2 nitrogen and oxygen atoms in total. The van der Waals surface area contributed by atoms with Crippen molar-refractivity contribution in [3.05, 3.63) is 24.9 Å². The van der Waals surface area contributed by atoms with Crippen molar-refractivity contribution in [2.24, 2.45) is 4.99 Å². The topological polar surface area (TPSA) is 24.4 Å². The van der Waals surface area contributed by atoms with Crippen LogP contribution < -0.4 is 5.32 Å². The maximum Gasteiger partial charge on any atom is 0.124 e. The Kier molecular flexibility index (Phi) is 4.27. The normalized spacial score (nSPS) is 11.5. The van der Waals surface area contributed by atoms with Crippen molar-refractivity contribution in [1.29, 1.82) is 0 Å². The molecule has 0 bridgehead atoms. The standard InChI is InChI=1S/C9H16N2/c1-6-9(10-7(2)3)11-8(4)5/h6,8H,1-2H2,3-5H3,(H,10,11). The van der Waals surface area contributed by atoms with Crippen LogP contribution in [0.3, 0.4) is 0 Å². The Hall–Kier alpha value is -1.05. The smallest absolute Gasteiger partial charge is 0.124 e. The number of nitrogens with one attached hydrogen (secondary N) is 1. The molecule has 0 radical (unpaired) electrons. The summed E-state index contributed by atoms with van der Waals surface area (Å²) in [5.74, 6) is 0.785. The van der Waals surface area contributed by atoms with Crippen LogP contribution in [0.5, 0.6) is 0 Å². The highest BCUT2D eigenvalue weighted by Crippen LogP contribution is 1.89. The first kappa shape index (κ1) is 9.95. The van der Waals surface area contributed by atoms with E-state index in [1.165, 1.54) is 0 Å². The van der Waals surface area contributed by atoms with Gasteiger partial charge in [0, 0.05) is 11.7 Å². The molecule has 0 atom stereocenters. The van der Waals surface area contributed by atoms with Gasteiger partial charge in [-0.1, -0.05) is 13.2 Å². The van der Waals surface area contributed by atoms with E-state index in [-0.39, 0.29) is 6.04 Å². The third kappa shape index (κ3) is 5.40. The lowest BCUT2D eigenvalue weighted by molar-refractivity contribution is 0.828. The first-order valence-electron chi connectivity index (χ1n) is 3.69. The summed E-state index contributed by atoms with van der Waals surface area (Å²) in [4.78, 5) is 4.26. The Labute approximate surface area is 68.7 Å². The number of hydrogen-bond donors (Lipinski definition) is 1. The Morgan fingerprint density at radius 1 is 1.55 bits per heavy atom. The van der Waals surface area contributed by atoms with Gasteiger partial charge in [-0.15, -0.1) is 0 Å². The Bertz CT molecular complexity index is 178. The predicted molar refractivity (Wildman–Crippen MR) is 50.7 cm³/mol. The van der Waals surface area contributed by atoms with Gasteiger partial charge in [-0.3, -0.25) is 4.99 Å². The van der Waals surface area contributed by atoms with Crippen LogP contribution in [0.2, 0.25) is 0 Å². The summed E-state index contributed by atoms with van der Waals surface area (Å²) in [7, 11) is 0. The molecule has 0 unspecified atom stereocenters. The molecule has 0 aromatic heterocycles. The van der Waals surface area contributed by atoms with E-state index < -0.39 is 0 Å². The molecule has 0 fully saturated rings. The van der Waals surface area contributed by atoms with Crippen molar-refractivity contribution >= 4 is 5.84 Å². The zero-order chi connectivity index (χ0) is 8.85. The van der Waals surface area contributed by atoms with E-state index in [1.807, 2.05) is 20.8 Å². The van der Waals surface area contributed by atoms with E-state index in [2.05, 4.69) is 23.5 Å². The highest BCUT2D eigenvalue weighted by molar-refractivity contribution is 5.93. The SMILES string of the molecule is C=CC(=NC(C)C)NC(=C)C. The molecular formula is C9H16N2. The van der Waals surface area contributed by atoms with E-state index in [1.54, 1.807) is 6.08 Å². The molecule has 2 heteroatoms. The van der Waals surface area contributed by atoms with Gasteiger partial charge in [0.2, 0.25) is 0 Å². The van der Waals surface area contributed by atoms with E-state index >= 15 is 0 Å². The maximum absolute atomic E-state index is 4.26. The lowest BCUT2D eigenvalue weighted by Crippen LogP contribution is -2.19. The van der Waals surface area contributed by atoms with Gasteiger partial charge in [-0.25, -0.2) is 0 Å². The van der Waals surface area contributed by atoms with E-state index in [0.717, 1.165) is 11.5 Å². The van der Waals surface area contributed by atoms with E-state index in [9.17, 15) is 0 Å². The highest BCUT2D eigenvalue weighted by Gasteiger charge is 1.93. The van der Waals surface area contributed by atoms with Crippen LogP contribution in [0.25, 0.3) is 0 Å². The van der Waals surface area contributed by atoms with Crippen LogP contribution in [0.1, 0.15) is 20.8 Å². The van der Waals surface area contributed by atoms with Gasteiger partial charge in [0.25, 0.3) is 0 Å². The number of nitrogens with zero attached hydrogens (tertiary/aromatic N) is 1. The molecule has 11 heavy (non-hydrogen) atoms. The molecule has 1 N–H and O–H groups in total. The third-order valence-electron chi connectivity index (χ3n) is 0.932. The van der Waals surface area contributed by atoms with Gasteiger partial charge in [-0.05, 0) is 26.8 Å². The summed E-state index contributed by atoms with van der Waals surface area (Å²) >= 11 is 0. The molecule has 0 amide bonds. The Balaban J connectivity index is 4.16. The fraction of sp³-hybridized carbons (Fsp3) is 0.444. The van der Waals surface area contributed by atoms with E-state index in [0.29, 0.717) is 0 Å². The number of aliphatic imine (C=N–C) groups is 1. The molecule has 0 aromatic rings. The molecule has 0 rings (SSSR count). The van der Waals surface area contributed by atoms with Crippen LogP contribution in [0.4, 0.5) is 0 Å². The first-order chi connectivity index (χ1) is 5.06. The van der Waals surface area contributed by atoms with Crippen molar-refractivity contribution in [2.75, 3.05) is 0 Å². The van der Waals surface area contributed by atoms with Crippen LogP contribution in [0.15, 0.2) is 29.9 Å². The lowest BCUT2D eigenvalue weighted by Gasteiger charge is -2.05. The van der Waals surface area contributed by atoms with Gasteiger partial charge in [-0.2, -0.15) is 0 Å². The number of hydrogen-bond acceptors (Lipinski definition) is 1. The summed E-state index contributed by atoms with van der Waals surface area (Å²) < 4.78 is 0. The highest BCUT2D eigenvalue weighted by atomic mass is 15.0. The summed E-state index contributed by atoms with van der Waals surface area (Å²) in [6, 6.07) is 0.287. The van der Waals surface area contributed by atoms with Gasteiger partial charge in [0.05, 0.1) is 0 Å². The Morgan fingerprint density at radius 3 is 2.36 bits per heavy atom. The van der Waals surface area contributed by atoms with E-state index in [4.69, 9.17) is 0 Å². The van der Waals surface area contributed by atoms with Gasteiger partial charge in [0.1, 0.15) is 5.84 Å². The van der Waals surface area contributed by atoms with Gasteiger partial charge in [0.15, 0.2) is 0 Å².